The highest BCUT2D eigenvalue weighted by molar-refractivity contribution is 5.51. The van der Waals surface area contributed by atoms with Crippen molar-refractivity contribution in [2.24, 2.45) is 0 Å². The number of non-ortho nitro benzene ring substituents is 1. The van der Waals surface area contributed by atoms with Crippen LogP contribution in [0, 0.1) is 10.1 Å². The quantitative estimate of drug-likeness (QED) is 0.518. The van der Waals surface area contributed by atoms with Crippen LogP contribution < -0.4 is 4.90 Å². The van der Waals surface area contributed by atoms with Crippen molar-refractivity contribution in [2.45, 2.75) is 58.5 Å². The summed E-state index contributed by atoms with van der Waals surface area (Å²) in [5.74, 6) is 0.940. The molecule has 1 aromatic carbocycles. The Labute approximate surface area is 171 Å². The summed E-state index contributed by atoms with van der Waals surface area (Å²) in [6.45, 7) is 12.1. The summed E-state index contributed by atoms with van der Waals surface area (Å²) in [5, 5.41) is 23.5. The van der Waals surface area contributed by atoms with E-state index in [0.717, 1.165) is 57.0 Å². The molecule has 0 N–H and O–H groups in total. The van der Waals surface area contributed by atoms with Crippen LogP contribution in [-0.4, -0.2) is 56.2 Å². The maximum absolute atomic E-state index is 10.9. The summed E-state index contributed by atoms with van der Waals surface area (Å²) < 4.78 is 1.95. The van der Waals surface area contributed by atoms with Gasteiger partial charge in [-0.2, -0.15) is 0 Å². The van der Waals surface area contributed by atoms with Gasteiger partial charge in [0.1, 0.15) is 0 Å². The molecular weight excluding hydrogens is 370 g/mol. The van der Waals surface area contributed by atoms with Gasteiger partial charge in [0.2, 0.25) is 0 Å². The van der Waals surface area contributed by atoms with Crippen LogP contribution in [0.15, 0.2) is 24.3 Å². The zero-order chi connectivity index (χ0) is 21.0. The second kappa shape index (κ2) is 8.86. The van der Waals surface area contributed by atoms with Crippen LogP contribution in [0.4, 0.5) is 11.4 Å². The van der Waals surface area contributed by atoms with Crippen molar-refractivity contribution in [2.75, 3.05) is 31.1 Å². The Morgan fingerprint density at radius 3 is 2.34 bits per heavy atom. The Hall–Kier alpha value is -2.55. The van der Waals surface area contributed by atoms with Gasteiger partial charge in [-0.15, -0.1) is 5.10 Å². The van der Waals surface area contributed by atoms with Gasteiger partial charge in [0.15, 0.2) is 5.82 Å². The van der Waals surface area contributed by atoms with Crippen LogP contribution in [0.5, 0.6) is 0 Å². The van der Waals surface area contributed by atoms with Gasteiger partial charge in [0, 0.05) is 44.0 Å². The lowest BCUT2D eigenvalue weighted by Gasteiger charge is -2.40. The van der Waals surface area contributed by atoms with Crippen LogP contribution in [0.2, 0.25) is 0 Å². The Morgan fingerprint density at radius 2 is 1.79 bits per heavy atom. The van der Waals surface area contributed by atoms with Crippen molar-refractivity contribution in [1.29, 1.82) is 0 Å². The molecule has 0 spiro atoms. The Balaban J connectivity index is 1.72. The van der Waals surface area contributed by atoms with Crippen molar-refractivity contribution in [3.05, 3.63) is 40.2 Å². The molecule has 0 aliphatic carbocycles. The maximum atomic E-state index is 10.9. The topological polar surface area (TPSA) is 93.2 Å². The molecule has 1 aliphatic heterocycles. The number of tetrazole rings is 1. The lowest BCUT2D eigenvalue weighted by molar-refractivity contribution is -0.384. The summed E-state index contributed by atoms with van der Waals surface area (Å²) in [5.41, 5.74) is 0.991. The Kier molecular flexibility index (Phi) is 6.46. The molecule has 3 rings (SSSR count). The molecule has 9 nitrogen and oxygen atoms in total. The molecule has 1 saturated heterocycles. The zero-order valence-electron chi connectivity index (χ0n) is 17.8. The second-order valence-electron chi connectivity index (χ2n) is 8.57. The molecule has 2 aromatic rings. The fourth-order valence-electron chi connectivity index (χ4n) is 3.83. The first kappa shape index (κ1) is 21.2. The summed E-state index contributed by atoms with van der Waals surface area (Å²) in [7, 11) is 0. The van der Waals surface area contributed by atoms with Crippen LogP contribution >= 0.6 is 0 Å². The van der Waals surface area contributed by atoms with Crippen molar-refractivity contribution < 1.29 is 4.92 Å². The fraction of sp³-hybridized carbons (Fsp3) is 0.650. The number of rotatable bonds is 7. The first-order valence-corrected chi connectivity index (χ1v) is 10.3. The smallest absolute Gasteiger partial charge is 0.269 e. The molecule has 1 aromatic heterocycles. The number of nitro groups is 1. The van der Waals surface area contributed by atoms with E-state index in [9.17, 15) is 10.1 Å². The summed E-state index contributed by atoms with van der Waals surface area (Å²) in [6.07, 6.45) is 3.30. The fourth-order valence-corrected chi connectivity index (χ4v) is 3.83. The highest BCUT2D eigenvalue weighted by Crippen LogP contribution is 2.29. The van der Waals surface area contributed by atoms with Gasteiger partial charge in [-0.25, -0.2) is 4.68 Å². The van der Waals surface area contributed by atoms with Gasteiger partial charge in [0.25, 0.3) is 5.69 Å². The van der Waals surface area contributed by atoms with Gasteiger partial charge >= 0.3 is 0 Å². The molecule has 9 heteroatoms. The third-order valence-corrected chi connectivity index (χ3v) is 5.44. The minimum absolute atomic E-state index is 0.126. The predicted octanol–water partition coefficient (Wildman–Crippen LogP) is 3.39. The van der Waals surface area contributed by atoms with Gasteiger partial charge in [-0.3, -0.25) is 15.0 Å². The Bertz CT molecular complexity index is 805. The maximum Gasteiger partial charge on any atom is 0.269 e. The van der Waals surface area contributed by atoms with E-state index in [-0.39, 0.29) is 22.2 Å². The minimum Gasteiger partial charge on any atom is -0.369 e. The van der Waals surface area contributed by atoms with E-state index in [1.807, 2.05) is 16.8 Å². The molecular formula is C20H31N7O2. The number of benzene rings is 1. The van der Waals surface area contributed by atoms with E-state index in [1.54, 1.807) is 12.1 Å². The van der Waals surface area contributed by atoms with E-state index >= 15 is 0 Å². The number of anilines is 1. The van der Waals surface area contributed by atoms with Crippen LogP contribution in [0.1, 0.15) is 58.8 Å². The molecule has 0 bridgehead atoms. The highest BCUT2D eigenvalue weighted by atomic mass is 16.6. The first-order chi connectivity index (χ1) is 13.8. The molecule has 1 atom stereocenters. The number of piperazine rings is 1. The van der Waals surface area contributed by atoms with Gasteiger partial charge in [-0.05, 0) is 49.8 Å². The molecule has 2 heterocycles. The summed E-state index contributed by atoms with van der Waals surface area (Å²) in [6, 6.07) is 7.01. The first-order valence-electron chi connectivity index (χ1n) is 10.3. The number of unbranched alkanes of at least 4 members (excludes halogenated alkanes) is 1. The van der Waals surface area contributed by atoms with E-state index in [2.05, 4.69) is 53.0 Å². The monoisotopic (exact) mass is 401 g/mol. The van der Waals surface area contributed by atoms with Crippen LogP contribution in [-0.2, 0) is 5.54 Å². The average molecular weight is 402 g/mol. The van der Waals surface area contributed by atoms with Gasteiger partial charge in [0.05, 0.1) is 16.5 Å². The average Bonchev–Trinajstić information content (AvgIpc) is 3.19. The van der Waals surface area contributed by atoms with Crippen molar-refractivity contribution in [3.8, 4) is 0 Å². The zero-order valence-corrected chi connectivity index (χ0v) is 17.8. The van der Waals surface area contributed by atoms with E-state index in [0.29, 0.717) is 0 Å². The van der Waals surface area contributed by atoms with E-state index in [1.165, 1.54) is 0 Å². The molecule has 0 amide bonds. The van der Waals surface area contributed by atoms with Gasteiger partial charge < -0.3 is 4.90 Å². The largest absolute Gasteiger partial charge is 0.369 e. The molecule has 0 saturated carbocycles. The number of hydrogen-bond acceptors (Lipinski definition) is 7. The molecule has 0 radical (unpaired) electrons. The number of nitro benzene ring substituents is 1. The lowest BCUT2D eigenvalue weighted by atomic mass is 10.0. The minimum atomic E-state index is -0.362. The molecule has 0 unspecified atom stereocenters. The normalized spacial score (nSPS) is 16.8. The molecule has 1 fully saturated rings. The van der Waals surface area contributed by atoms with Crippen LogP contribution in [0.3, 0.4) is 0 Å². The third kappa shape index (κ3) is 4.90. The third-order valence-electron chi connectivity index (χ3n) is 5.44. The Morgan fingerprint density at radius 1 is 1.14 bits per heavy atom. The van der Waals surface area contributed by atoms with Crippen molar-refractivity contribution >= 4 is 11.4 Å². The van der Waals surface area contributed by atoms with E-state index < -0.39 is 0 Å². The number of nitrogens with zero attached hydrogens (tertiary/aromatic N) is 7. The second-order valence-corrected chi connectivity index (χ2v) is 8.57. The van der Waals surface area contributed by atoms with Crippen LogP contribution in [0.25, 0.3) is 0 Å². The SMILES string of the molecule is CCCC[C@H](c1nnnn1C(C)(C)C)N1CCN(c2ccc([N+](=O)[O-])cc2)CC1. The number of aromatic nitrogens is 4. The lowest BCUT2D eigenvalue weighted by Crippen LogP contribution is -2.48. The highest BCUT2D eigenvalue weighted by Gasteiger charge is 2.31. The number of hydrogen-bond donors (Lipinski definition) is 0. The predicted molar refractivity (Wildman–Crippen MR) is 112 cm³/mol. The molecule has 29 heavy (non-hydrogen) atoms. The standard InChI is InChI=1S/C20H31N7O2/c1-5-6-7-18(19-21-22-23-26(19)20(2,3)4)25-14-12-24(13-15-25)16-8-10-17(11-9-16)27(28)29/h8-11,18H,5-7,12-15H2,1-4H3/t18-/m1/s1. The van der Waals surface area contributed by atoms with Crippen molar-refractivity contribution in [3.63, 3.8) is 0 Å². The summed E-state index contributed by atoms with van der Waals surface area (Å²) >= 11 is 0. The molecule has 1 aliphatic rings. The van der Waals surface area contributed by atoms with E-state index in [4.69, 9.17) is 0 Å². The van der Waals surface area contributed by atoms with Gasteiger partial charge in [-0.1, -0.05) is 19.8 Å². The molecule has 158 valence electrons. The van der Waals surface area contributed by atoms with Crippen molar-refractivity contribution in [1.82, 2.24) is 25.1 Å². The summed E-state index contributed by atoms with van der Waals surface area (Å²) in [4.78, 5) is 15.3.